The number of carboxylic acids is 1. The van der Waals surface area contributed by atoms with Crippen LogP contribution >= 0.6 is 0 Å². The highest BCUT2D eigenvalue weighted by Gasteiger charge is 2.35. The van der Waals surface area contributed by atoms with Crippen molar-refractivity contribution < 1.29 is 32.6 Å². The molecule has 1 amide bonds. The summed E-state index contributed by atoms with van der Waals surface area (Å²) < 4.78 is 45.6. The fourth-order valence-corrected chi connectivity index (χ4v) is 5.15. The molecule has 0 fully saturated rings. The standard InChI is InChI=1S/C32H34F3NO4/c1-21(2)25-11-7-23(8-12-25)17-31(3)18-26-15-22(9-13-28(26)40-31)10-14-29(37)36(20-30(38)39)19-24-5-4-6-27(16-24)32(33,34)35/h4-9,11-13,15-16,21H,10,14,17-20H2,1-3H3,(H,38,39). The average molecular weight is 554 g/mol. The summed E-state index contributed by atoms with van der Waals surface area (Å²) in [7, 11) is 0. The zero-order valence-corrected chi connectivity index (χ0v) is 22.9. The predicted octanol–water partition coefficient (Wildman–Crippen LogP) is 6.81. The number of halogens is 3. The van der Waals surface area contributed by atoms with Crippen LogP contribution in [-0.2, 0) is 41.6 Å². The van der Waals surface area contributed by atoms with Gasteiger partial charge in [-0.1, -0.05) is 62.4 Å². The molecule has 3 aromatic carbocycles. The monoisotopic (exact) mass is 553 g/mol. The fourth-order valence-electron chi connectivity index (χ4n) is 5.15. The SMILES string of the molecule is CC(C)c1ccc(CC2(C)Cc3cc(CCC(=O)N(CC(=O)O)Cc4cccc(C(F)(F)F)c4)ccc3O2)cc1. The van der Waals surface area contributed by atoms with E-state index in [0.29, 0.717) is 12.3 Å². The van der Waals surface area contributed by atoms with Crippen molar-refractivity contribution in [3.8, 4) is 5.75 Å². The van der Waals surface area contributed by atoms with E-state index in [1.807, 2.05) is 18.2 Å². The minimum Gasteiger partial charge on any atom is -0.487 e. The number of benzene rings is 3. The van der Waals surface area contributed by atoms with Crippen molar-refractivity contribution in [3.05, 3.63) is 100 Å². The van der Waals surface area contributed by atoms with Crippen molar-refractivity contribution in [1.82, 2.24) is 4.90 Å². The number of nitrogens with zero attached hydrogens (tertiary/aromatic N) is 1. The van der Waals surface area contributed by atoms with Crippen LogP contribution in [-0.4, -0.2) is 34.0 Å². The number of hydrogen-bond donors (Lipinski definition) is 1. The number of amides is 1. The molecule has 212 valence electrons. The quantitative estimate of drug-likeness (QED) is 0.300. The predicted molar refractivity (Wildman–Crippen MR) is 146 cm³/mol. The van der Waals surface area contributed by atoms with Crippen LogP contribution in [0.3, 0.4) is 0 Å². The Labute approximate surface area is 232 Å². The lowest BCUT2D eigenvalue weighted by Crippen LogP contribution is -2.35. The summed E-state index contributed by atoms with van der Waals surface area (Å²) in [5.41, 5.74) is 3.45. The maximum absolute atomic E-state index is 13.1. The first-order valence-electron chi connectivity index (χ1n) is 13.4. The van der Waals surface area contributed by atoms with E-state index < -0.39 is 30.2 Å². The van der Waals surface area contributed by atoms with Crippen molar-refractivity contribution >= 4 is 11.9 Å². The van der Waals surface area contributed by atoms with E-state index in [4.69, 9.17) is 4.74 Å². The third-order valence-electron chi connectivity index (χ3n) is 7.20. The molecule has 0 radical (unpaired) electrons. The summed E-state index contributed by atoms with van der Waals surface area (Å²) in [5.74, 6) is -0.383. The third kappa shape index (κ3) is 7.43. The lowest BCUT2D eigenvalue weighted by molar-refractivity contribution is -0.145. The van der Waals surface area contributed by atoms with Gasteiger partial charge >= 0.3 is 12.1 Å². The van der Waals surface area contributed by atoms with Crippen LogP contribution in [0.2, 0.25) is 0 Å². The molecule has 1 aliphatic heterocycles. The Balaban J connectivity index is 1.39. The van der Waals surface area contributed by atoms with Gasteiger partial charge in [0.05, 0.1) is 5.56 Å². The van der Waals surface area contributed by atoms with Gasteiger partial charge in [0.1, 0.15) is 17.9 Å². The summed E-state index contributed by atoms with van der Waals surface area (Å²) in [4.78, 5) is 25.4. The van der Waals surface area contributed by atoms with E-state index in [1.165, 1.54) is 23.3 Å². The van der Waals surface area contributed by atoms with E-state index in [2.05, 4.69) is 45.0 Å². The lowest BCUT2D eigenvalue weighted by Gasteiger charge is -2.24. The van der Waals surface area contributed by atoms with Gasteiger partial charge in [0, 0.05) is 25.8 Å². The van der Waals surface area contributed by atoms with Crippen molar-refractivity contribution in [2.75, 3.05) is 6.54 Å². The lowest BCUT2D eigenvalue weighted by atomic mass is 9.90. The number of ether oxygens (including phenoxy) is 1. The average Bonchev–Trinajstić information content (AvgIpc) is 3.21. The Morgan fingerprint density at radius 2 is 1.70 bits per heavy atom. The molecule has 0 saturated carbocycles. The Bertz CT molecular complexity index is 1370. The number of aryl methyl sites for hydroxylation is 1. The Hall–Kier alpha value is -3.81. The largest absolute Gasteiger partial charge is 0.487 e. The first kappa shape index (κ1) is 29.2. The molecule has 0 saturated heterocycles. The van der Waals surface area contributed by atoms with Crippen LogP contribution < -0.4 is 4.74 Å². The molecule has 1 unspecified atom stereocenters. The van der Waals surface area contributed by atoms with Crippen LogP contribution in [0.5, 0.6) is 5.75 Å². The normalized spacial score (nSPS) is 16.5. The zero-order valence-electron chi connectivity index (χ0n) is 22.9. The summed E-state index contributed by atoms with van der Waals surface area (Å²) in [6.45, 7) is 5.60. The van der Waals surface area contributed by atoms with E-state index >= 15 is 0 Å². The van der Waals surface area contributed by atoms with Gasteiger partial charge in [-0.3, -0.25) is 9.59 Å². The molecule has 1 atom stereocenters. The molecular formula is C32H34F3NO4. The Morgan fingerprint density at radius 1 is 1.00 bits per heavy atom. The molecule has 4 rings (SSSR count). The highest BCUT2D eigenvalue weighted by Crippen LogP contribution is 2.38. The number of alkyl halides is 3. The first-order valence-corrected chi connectivity index (χ1v) is 13.4. The molecule has 1 N–H and O–H groups in total. The van der Waals surface area contributed by atoms with Crippen LogP contribution in [0, 0.1) is 0 Å². The topological polar surface area (TPSA) is 66.8 Å². The summed E-state index contributed by atoms with van der Waals surface area (Å²) in [6.07, 6.45) is -2.64. The van der Waals surface area contributed by atoms with Crippen molar-refractivity contribution in [3.63, 3.8) is 0 Å². The van der Waals surface area contributed by atoms with Crippen molar-refractivity contribution in [1.29, 1.82) is 0 Å². The molecule has 1 heterocycles. The van der Waals surface area contributed by atoms with E-state index in [0.717, 1.165) is 46.8 Å². The number of fused-ring (bicyclic) bond motifs is 1. The van der Waals surface area contributed by atoms with Crippen LogP contribution in [0.1, 0.15) is 66.5 Å². The number of carbonyl (C=O) groups is 2. The van der Waals surface area contributed by atoms with Gasteiger partial charge < -0.3 is 14.7 Å². The van der Waals surface area contributed by atoms with Gasteiger partial charge in [0.2, 0.25) is 5.91 Å². The van der Waals surface area contributed by atoms with Gasteiger partial charge in [-0.15, -0.1) is 0 Å². The van der Waals surface area contributed by atoms with Gasteiger partial charge in [-0.05, 0) is 65.3 Å². The van der Waals surface area contributed by atoms with Crippen molar-refractivity contribution in [2.24, 2.45) is 0 Å². The van der Waals surface area contributed by atoms with Gasteiger partial charge in [-0.25, -0.2) is 0 Å². The van der Waals surface area contributed by atoms with E-state index in [-0.39, 0.29) is 24.1 Å². The van der Waals surface area contributed by atoms with E-state index in [1.54, 1.807) is 0 Å². The minimum absolute atomic E-state index is 0.0331. The summed E-state index contributed by atoms with van der Waals surface area (Å²) in [5, 5.41) is 9.29. The van der Waals surface area contributed by atoms with Gasteiger partial charge in [-0.2, -0.15) is 13.2 Å². The molecule has 1 aliphatic rings. The molecule has 0 spiro atoms. The summed E-state index contributed by atoms with van der Waals surface area (Å²) in [6, 6.07) is 19.0. The molecule has 0 aliphatic carbocycles. The van der Waals surface area contributed by atoms with Crippen LogP contribution in [0.4, 0.5) is 13.2 Å². The molecule has 0 aromatic heterocycles. The highest BCUT2D eigenvalue weighted by molar-refractivity contribution is 5.81. The number of hydrogen-bond acceptors (Lipinski definition) is 3. The molecule has 0 bridgehead atoms. The highest BCUT2D eigenvalue weighted by atomic mass is 19.4. The number of carbonyl (C=O) groups excluding carboxylic acids is 1. The second-order valence-corrected chi connectivity index (χ2v) is 11.1. The third-order valence-corrected chi connectivity index (χ3v) is 7.20. The van der Waals surface area contributed by atoms with Crippen LogP contribution in [0.25, 0.3) is 0 Å². The van der Waals surface area contributed by atoms with Crippen LogP contribution in [0.15, 0.2) is 66.7 Å². The summed E-state index contributed by atoms with van der Waals surface area (Å²) >= 11 is 0. The maximum atomic E-state index is 13.1. The fraction of sp³-hybridized carbons (Fsp3) is 0.375. The first-order chi connectivity index (χ1) is 18.8. The molecular weight excluding hydrogens is 519 g/mol. The second kappa shape index (κ2) is 11.7. The minimum atomic E-state index is -4.52. The second-order valence-electron chi connectivity index (χ2n) is 11.1. The molecule has 40 heavy (non-hydrogen) atoms. The Kier molecular flexibility index (Phi) is 8.57. The van der Waals surface area contributed by atoms with Gasteiger partial charge in [0.25, 0.3) is 0 Å². The molecule has 8 heteroatoms. The zero-order chi connectivity index (χ0) is 29.1. The van der Waals surface area contributed by atoms with E-state index in [9.17, 15) is 27.9 Å². The number of carboxylic acid groups (broad SMARTS) is 1. The number of aliphatic carboxylic acids is 1. The smallest absolute Gasteiger partial charge is 0.416 e. The van der Waals surface area contributed by atoms with Crippen molar-refractivity contribution in [2.45, 2.75) is 70.7 Å². The molecule has 3 aromatic rings. The molecule has 5 nitrogen and oxygen atoms in total. The number of rotatable bonds is 10. The van der Waals surface area contributed by atoms with Gasteiger partial charge in [0.15, 0.2) is 0 Å². The maximum Gasteiger partial charge on any atom is 0.416 e. The Morgan fingerprint density at radius 3 is 2.35 bits per heavy atom.